The Morgan fingerprint density at radius 1 is 1.11 bits per heavy atom. The molecule has 28 heavy (non-hydrogen) atoms. The van der Waals surface area contributed by atoms with E-state index in [4.69, 9.17) is 4.74 Å². The lowest BCUT2D eigenvalue weighted by Gasteiger charge is -2.31. The number of para-hydroxylation sites is 1. The van der Waals surface area contributed by atoms with Crippen LogP contribution in [0.1, 0.15) is 16.7 Å². The summed E-state index contributed by atoms with van der Waals surface area (Å²) in [6, 6.07) is 15.4. The number of hydrogen-bond acceptors (Lipinski definition) is 4. The van der Waals surface area contributed by atoms with Gasteiger partial charge >= 0.3 is 6.03 Å². The van der Waals surface area contributed by atoms with Crippen molar-refractivity contribution in [2.45, 2.75) is 13.0 Å². The first-order chi connectivity index (χ1) is 13.5. The fourth-order valence-electron chi connectivity index (χ4n) is 2.94. The van der Waals surface area contributed by atoms with E-state index in [1.807, 2.05) is 48.5 Å². The summed E-state index contributed by atoms with van der Waals surface area (Å²) in [5.74, 6) is 0. The summed E-state index contributed by atoms with van der Waals surface area (Å²) in [6.07, 6.45) is 0.727. The van der Waals surface area contributed by atoms with Gasteiger partial charge < -0.3 is 14.6 Å². The number of carbonyl (C=O) groups is 1. The summed E-state index contributed by atoms with van der Waals surface area (Å²) in [5.41, 5.74) is 4.50. The van der Waals surface area contributed by atoms with E-state index in [2.05, 4.69) is 16.6 Å². The number of nitrogens with zero attached hydrogens (tertiary/aromatic N) is 1. The number of rotatable bonds is 9. The average molecular weight is 400 g/mol. The van der Waals surface area contributed by atoms with Crippen LogP contribution in [0.2, 0.25) is 0 Å². The number of ether oxygens (including phenoxy) is 1. The van der Waals surface area contributed by atoms with Crippen molar-refractivity contribution in [1.82, 2.24) is 9.62 Å². The molecule has 0 saturated carbocycles. The van der Waals surface area contributed by atoms with E-state index in [1.165, 1.54) is 0 Å². The van der Waals surface area contributed by atoms with Gasteiger partial charge in [-0.25, -0.2) is 9.52 Å². The van der Waals surface area contributed by atoms with E-state index >= 15 is 0 Å². The number of anilines is 1. The Kier molecular flexibility index (Phi) is 6.94. The Morgan fingerprint density at radius 3 is 2.57 bits per heavy atom. The lowest BCUT2D eigenvalue weighted by Crippen LogP contribution is -2.36. The summed E-state index contributed by atoms with van der Waals surface area (Å²) >= 11 is -2.25. The molecule has 2 aromatic carbocycles. The maximum absolute atomic E-state index is 12.4. The van der Waals surface area contributed by atoms with Gasteiger partial charge in [-0.15, -0.1) is 0 Å². The van der Waals surface area contributed by atoms with Crippen molar-refractivity contribution < 1.29 is 18.3 Å². The molecular weight excluding hydrogens is 378 g/mol. The first kappa shape index (κ1) is 20.2. The number of hydrogen-bond donors (Lipinski definition) is 2. The number of benzene rings is 2. The van der Waals surface area contributed by atoms with Crippen molar-refractivity contribution in [2.24, 2.45) is 0 Å². The van der Waals surface area contributed by atoms with E-state index in [0.717, 1.165) is 28.8 Å². The summed E-state index contributed by atoms with van der Waals surface area (Å²) in [6.45, 7) is 5.63. The van der Waals surface area contributed by atoms with Crippen molar-refractivity contribution in [2.75, 3.05) is 25.1 Å². The molecule has 1 aliphatic heterocycles. The predicted molar refractivity (Wildman–Crippen MR) is 108 cm³/mol. The third kappa shape index (κ3) is 5.26. The van der Waals surface area contributed by atoms with Crippen LogP contribution in [-0.2, 0) is 29.0 Å². The first-order valence-electron chi connectivity index (χ1n) is 8.90. The Balaban J connectivity index is 1.51. The Labute approximate surface area is 166 Å². The maximum Gasteiger partial charge on any atom is 0.326 e. The molecule has 1 heterocycles. The SMILES string of the molecule is C=C1c2ccccc2NC(=O)N1Cc1ccc(CCOCCNS(=O)[O-])cc1. The molecule has 0 bridgehead atoms. The molecule has 1 unspecified atom stereocenters. The van der Waals surface area contributed by atoms with Crippen molar-refractivity contribution in [3.05, 3.63) is 71.8 Å². The Bertz CT molecular complexity index is 870. The fourth-order valence-corrected chi connectivity index (χ4v) is 3.19. The number of amides is 2. The summed E-state index contributed by atoms with van der Waals surface area (Å²) in [5, 5.41) is 2.89. The molecule has 0 aromatic heterocycles. The van der Waals surface area contributed by atoms with Gasteiger partial charge in [-0.3, -0.25) is 9.11 Å². The zero-order valence-corrected chi connectivity index (χ0v) is 16.2. The van der Waals surface area contributed by atoms with Crippen LogP contribution in [0.4, 0.5) is 10.5 Å². The largest absolute Gasteiger partial charge is 0.760 e. The van der Waals surface area contributed by atoms with E-state index in [9.17, 15) is 13.6 Å². The van der Waals surface area contributed by atoms with E-state index in [-0.39, 0.29) is 12.6 Å². The molecule has 1 aliphatic rings. The minimum atomic E-state index is -2.25. The molecule has 0 fully saturated rings. The second-order valence-corrected chi connectivity index (χ2v) is 7.07. The number of fused-ring (bicyclic) bond motifs is 1. The summed E-state index contributed by atoms with van der Waals surface area (Å²) < 4.78 is 28.3. The standard InChI is InChI=1S/C20H23N3O4S/c1-15-18-4-2-3-5-19(18)22-20(24)23(15)14-17-8-6-16(7-9-17)10-12-27-13-11-21-28(25)26/h2-9,21H,1,10-14H2,(H,22,24)(H,25,26)/p-1. The highest BCUT2D eigenvalue weighted by atomic mass is 32.2. The second-order valence-electron chi connectivity index (χ2n) is 6.32. The zero-order valence-electron chi connectivity index (χ0n) is 15.3. The molecule has 148 valence electrons. The van der Waals surface area contributed by atoms with Gasteiger partial charge in [0.05, 0.1) is 25.4 Å². The van der Waals surface area contributed by atoms with Crippen LogP contribution < -0.4 is 10.0 Å². The van der Waals surface area contributed by atoms with Crippen molar-refractivity contribution in [3.63, 3.8) is 0 Å². The van der Waals surface area contributed by atoms with Gasteiger partial charge in [0.15, 0.2) is 0 Å². The maximum atomic E-state index is 12.4. The van der Waals surface area contributed by atoms with Gasteiger partial charge in [0.25, 0.3) is 0 Å². The molecular formula is C20H22N3O4S-. The molecule has 0 radical (unpaired) electrons. The van der Waals surface area contributed by atoms with Gasteiger partial charge in [0.1, 0.15) is 0 Å². The molecule has 2 aromatic rings. The molecule has 7 nitrogen and oxygen atoms in total. The van der Waals surface area contributed by atoms with Gasteiger partial charge in [-0.2, -0.15) is 0 Å². The van der Waals surface area contributed by atoms with Crippen LogP contribution in [0.3, 0.4) is 0 Å². The monoisotopic (exact) mass is 400 g/mol. The summed E-state index contributed by atoms with van der Waals surface area (Å²) in [4.78, 5) is 14.0. The lowest BCUT2D eigenvalue weighted by molar-refractivity contribution is 0.142. The number of nitrogens with one attached hydrogen (secondary N) is 2. The zero-order chi connectivity index (χ0) is 19.9. The molecule has 2 amide bonds. The fraction of sp³-hybridized carbons (Fsp3) is 0.250. The van der Waals surface area contributed by atoms with E-state index in [1.54, 1.807) is 4.90 Å². The van der Waals surface area contributed by atoms with Gasteiger partial charge in [0, 0.05) is 29.1 Å². The van der Waals surface area contributed by atoms with Crippen molar-refractivity contribution in [3.8, 4) is 0 Å². The van der Waals surface area contributed by atoms with Crippen LogP contribution >= 0.6 is 0 Å². The molecule has 1 atom stereocenters. The normalized spacial score (nSPS) is 14.5. The third-order valence-corrected chi connectivity index (χ3v) is 4.86. The highest BCUT2D eigenvalue weighted by molar-refractivity contribution is 7.77. The topological polar surface area (TPSA) is 93.7 Å². The molecule has 0 saturated heterocycles. The van der Waals surface area contributed by atoms with Crippen LogP contribution in [-0.4, -0.2) is 39.5 Å². The van der Waals surface area contributed by atoms with Gasteiger partial charge in [-0.1, -0.05) is 49.0 Å². The predicted octanol–water partition coefficient (Wildman–Crippen LogP) is 2.65. The Morgan fingerprint density at radius 2 is 1.82 bits per heavy atom. The molecule has 0 aliphatic carbocycles. The van der Waals surface area contributed by atoms with Gasteiger partial charge in [-0.05, 0) is 23.6 Å². The first-order valence-corrected chi connectivity index (χ1v) is 9.97. The highest BCUT2D eigenvalue weighted by Gasteiger charge is 2.25. The van der Waals surface area contributed by atoms with E-state index in [0.29, 0.717) is 25.5 Å². The third-order valence-electron chi connectivity index (χ3n) is 4.42. The van der Waals surface area contributed by atoms with Crippen LogP contribution in [0, 0.1) is 0 Å². The van der Waals surface area contributed by atoms with Gasteiger partial charge in [0.2, 0.25) is 0 Å². The molecule has 3 rings (SSSR count). The van der Waals surface area contributed by atoms with Crippen LogP contribution in [0.15, 0.2) is 55.1 Å². The quantitative estimate of drug-likeness (QED) is 0.500. The Hall–Kier alpha value is -2.52. The molecule has 0 spiro atoms. The number of carbonyl (C=O) groups excluding carboxylic acids is 1. The highest BCUT2D eigenvalue weighted by Crippen LogP contribution is 2.31. The van der Waals surface area contributed by atoms with Crippen LogP contribution in [0.5, 0.6) is 0 Å². The molecule has 2 N–H and O–H groups in total. The number of urea groups is 1. The lowest BCUT2D eigenvalue weighted by atomic mass is 10.1. The minimum absolute atomic E-state index is 0.186. The summed E-state index contributed by atoms with van der Waals surface area (Å²) in [7, 11) is 0. The second kappa shape index (κ2) is 9.61. The van der Waals surface area contributed by atoms with Crippen molar-refractivity contribution in [1.29, 1.82) is 0 Å². The smallest absolute Gasteiger partial charge is 0.326 e. The minimum Gasteiger partial charge on any atom is -0.760 e. The molecule has 8 heteroatoms. The average Bonchev–Trinajstić information content (AvgIpc) is 2.68. The van der Waals surface area contributed by atoms with E-state index < -0.39 is 11.3 Å². The van der Waals surface area contributed by atoms with Crippen LogP contribution in [0.25, 0.3) is 5.70 Å². The van der Waals surface area contributed by atoms with Crippen molar-refractivity contribution >= 4 is 28.7 Å².